The van der Waals surface area contributed by atoms with Gasteiger partial charge in [0.1, 0.15) is 22.8 Å². The molecule has 0 aliphatic heterocycles. The number of aromatic hydroxyl groups is 2. The Labute approximate surface area is 160 Å². The molecule has 4 N–H and O–H groups in total. The summed E-state index contributed by atoms with van der Waals surface area (Å²) in [5, 5.41) is 20.6. The number of nitrogens with zero attached hydrogens (tertiary/aromatic N) is 2. The highest BCUT2D eigenvalue weighted by Gasteiger charge is 2.13. The van der Waals surface area contributed by atoms with Crippen molar-refractivity contribution < 1.29 is 14.6 Å². The standard InChI is InChI=1S/C22H17N3O3/c23-16-9-10-20-17(11-16)21(24-12-14-5-1-3-7-18(14)26)22(28-20)25-13-15-6-2-4-8-19(15)27/h1-13,26-27H,23H2. The van der Waals surface area contributed by atoms with Crippen LogP contribution in [-0.4, -0.2) is 22.6 Å². The van der Waals surface area contributed by atoms with Crippen molar-refractivity contribution in [1.82, 2.24) is 0 Å². The summed E-state index contributed by atoms with van der Waals surface area (Å²) in [7, 11) is 0. The van der Waals surface area contributed by atoms with Gasteiger partial charge in [0.15, 0.2) is 0 Å². The molecular formula is C22H17N3O3. The number of aliphatic imine (C=N–C) groups is 2. The van der Waals surface area contributed by atoms with Crippen molar-refractivity contribution >= 4 is 40.7 Å². The molecule has 0 aliphatic carbocycles. The molecule has 3 aromatic carbocycles. The first kappa shape index (κ1) is 17.4. The number of para-hydroxylation sites is 2. The van der Waals surface area contributed by atoms with E-state index in [4.69, 9.17) is 10.2 Å². The molecule has 4 aromatic rings. The molecule has 1 heterocycles. The highest BCUT2D eigenvalue weighted by molar-refractivity contribution is 6.00. The third kappa shape index (κ3) is 3.43. The number of furan rings is 1. The second-order valence-corrected chi connectivity index (χ2v) is 6.15. The Bertz CT molecular complexity index is 1210. The van der Waals surface area contributed by atoms with E-state index in [0.29, 0.717) is 33.5 Å². The largest absolute Gasteiger partial charge is 0.507 e. The van der Waals surface area contributed by atoms with Gasteiger partial charge in [0.2, 0.25) is 5.88 Å². The van der Waals surface area contributed by atoms with Gasteiger partial charge in [0.05, 0.1) is 5.39 Å². The first-order valence-electron chi connectivity index (χ1n) is 8.58. The van der Waals surface area contributed by atoms with Crippen LogP contribution in [-0.2, 0) is 0 Å². The van der Waals surface area contributed by atoms with Gasteiger partial charge in [0.25, 0.3) is 0 Å². The fraction of sp³-hybridized carbons (Fsp3) is 0. The average molecular weight is 371 g/mol. The van der Waals surface area contributed by atoms with E-state index in [2.05, 4.69) is 9.98 Å². The van der Waals surface area contributed by atoms with Crippen LogP contribution in [0.15, 0.2) is 81.1 Å². The molecule has 6 nitrogen and oxygen atoms in total. The number of phenolic OH excluding ortho intramolecular Hbond substituents is 2. The Morgan fingerprint density at radius 3 is 2.04 bits per heavy atom. The SMILES string of the molecule is Nc1ccc2oc(N=Cc3ccccc3O)c(N=Cc3ccccc3O)c2c1. The topological polar surface area (TPSA) is 104 Å². The molecule has 0 radical (unpaired) electrons. The highest BCUT2D eigenvalue weighted by Crippen LogP contribution is 2.40. The molecule has 0 fully saturated rings. The fourth-order valence-electron chi connectivity index (χ4n) is 2.76. The Morgan fingerprint density at radius 2 is 1.39 bits per heavy atom. The van der Waals surface area contributed by atoms with Crippen LogP contribution >= 0.6 is 0 Å². The summed E-state index contributed by atoms with van der Waals surface area (Å²) in [5.74, 6) is 0.513. The summed E-state index contributed by atoms with van der Waals surface area (Å²) >= 11 is 0. The van der Waals surface area contributed by atoms with Gasteiger partial charge >= 0.3 is 0 Å². The molecule has 0 saturated carbocycles. The lowest BCUT2D eigenvalue weighted by Crippen LogP contribution is -1.83. The second-order valence-electron chi connectivity index (χ2n) is 6.15. The molecule has 1 aromatic heterocycles. The molecule has 4 rings (SSSR count). The van der Waals surface area contributed by atoms with Crippen LogP contribution in [0.5, 0.6) is 11.5 Å². The predicted molar refractivity (Wildman–Crippen MR) is 111 cm³/mol. The van der Waals surface area contributed by atoms with Crippen molar-refractivity contribution in [2.24, 2.45) is 9.98 Å². The van der Waals surface area contributed by atoms with Crippen molar-refractivity contribution in [3.8, 4) is 11.5 Å². The van der Waals surface area contributed by atoms with Crippen LogP contribution in [0.1, 0.15) is 11.1 Å². The molecule has 0 atom stereocenters. The van der Waals surface area contributed by atoms with E-state index in [1.807, 2.05) is 6.07 Å². The van der Waals surface area contributed by atoms with Crippen molar-refractivity contribution in [1.29, 1.82) is 0 Å². The Hall–Kier alpha value is -4.06. The molecule has 0 spiro atoms. The molecule has 0 amide bonds. The number of hydrogen-bond acceptors (Lipinski definition) is 6. The van der Waals surface area contributed by atoms with Crippen molar-refractivity contribution in [2.45, 2.75) is 0 Å². The minimum atomic E-state index is 0.117. The summed E-state index contributed by atoms with van der Waals surface area (Å²) in [6.45, 7) is 0. The minimum absolute atomic E-state index is 0.117. The zero-order valence-corrected chi connectivity index (χ0v) is 14.8. The highest BCUT2D eigenvalue weighted by atomic mass is 16.3. The third-order valence-corrected chi connectivity index (χ3v) is 4.20. The number of anilines is 1. The van der Waals surface area contributed by atoms with Gasteiger partial charge in [-0.15, -0.1) is 0 Å². The minimum Gasteiger partial charge on any atom is -0.507 e. The number of benzene rings is 3. The number of nitrogens with two attached hydrogens (primary N) is 1. The van der Waals surface area contributed by atoms with Crippen LogP contribution in [0.3, 0.4) is 0 Å². The maximum absolute atomic E-state index is 9.96. The Balaban J connectivity index is 1.81. The number of rotatable bonds is 4. The summed E-state index contributed by atoms with van der Waals surface area (Å²) in [6, 6.07) is 19.0. The van der Waals surface area contributed by atoms with Crippen LogP contribution in [0.25, 0.3) is 11.0 Å². The molecule has 0 saturated heterocycles. The van der Waals surface area contributed by atoms with E-state index in [-0.39, 0.29) is 17.4 Å². The van der Waals surface area contributed by atoms with Gasteiger partial charge in [-0.3, -0.25) is 0 Å². The molecule has 0 unspecified atom stereocenters. The van der Waals surface area contributed by atoms with Crippen LogP contribution < -0.4 is 5.73 Å². The molecular weight excluding hydrogens is 354 g/mol. The summed E-state index contributed by atoms with van der Waals surface area (Å²) in [5.41, 5.74) is 8.68. The zero-order valence-electron chi connectivity index (χ0n) is 14.8. The van der Waals surface area contributed by atoms with E-state index in [1.165, 1.54) is 6.21 Å². The van der Waals surface area contributed by atoms with Crippen LogP contribution in [0.4, 0.5) is 17.3 Å². The van der Waals surface area contributed by atoms with Crippen molar-refractivity contribution in [2.75, 3.05) is 5.73 Å². The fourth-order valence-corrected chi connectivity index (χ4v) is 2.76. The summed E-state index contributed by atoms with van der Waals surface area (Å²) in [6.07, 6.45) is 3.05. The first-order chi connectivity index (χ1) is 13.6. The molecule has 0 aliphatic rings. The number of hydrogen-bond donors (Lipinski definition) is 3. The van der Waals surface area contributed by atoms with Gasteiger partial charge in [-0.25, -0.2) is 9.98 Å². The van der Waals surface area contributed by atoms with Crippen LogP contribution in [0.2, 0.25) is 0 Å². The second kappa shape index (κ2) is 7.28. The van der Waals surface area contributed by atoms with E-state index in [0.717, 1.165) is 0 Å². The third-order valence-electron chi connectivity index (χ3n) is 4.20. The quantitative estimate of drug-likeness (QED) is 0.349. The molecule has 138 valence electrons. The molecule has 0 bridgehead atoms. The van der Waals surface area contributed by atoms with Crippen molar-refractivity contribution in [3.63, 3.8) is 0 Å². The maximum Gasteiger partial charge on any atom is 0.246 e. The van der Waals surface area contributed by atoms with Gasteiger partial charge in [-0.05, 0) is 42.5 Å². The van der Waals surface area contributed by atoms with Gasteiger partial charge in [0, 0.05) is 29.2 Å². The normalized spacial score (nSPS) is 11.7. The summed E-state index contributed by atoms with van der Waals surface area (Å²) < 4.78 is 5.82. The maximum atomic E-state index is 9.96. The lowest BCUT2D eigenvalue weighted by molar-refractivity contribution is 0.474. The summed E-state index contributed by atoms with van der Waals surface area (Å²) in [4.78, 5) is 8.86. The molecule has 28 heavy (non-hydrogen) atoms. The Morgan fingerprint density at radius 1 is 0.786 bits per heavy atom. The van der Waals surface area contributed by atoms with E-state index < -0.39 is 0 Å². The zero-order chi connectivity index (χ0) is 19.5. The number of phenols is 2. The lowest BCUT2D eigenvalue weighted by Gasteiger charge is -1.98. The molecule has 6 heteroatoms. The monoisotopic (exact) mass is 371 g/mol. The van der Waals surface area contributed by atoms with E-state index in [1.54, 1.807) is 66.9 Å². The lowest BCUT2D eigenvalue weighted by atomic mass is 10.2. The smallest absolute Gasteiger partial charge is 0.246 e. The van der Waals surface area contributed by atoms with Gasteiger partial charge in [-0.2, -0.15) is 0 Å². The van der Waals surface area contributed by atoms with Gasteiger partial charge < -0.3 is 20.4 Å². The van der Waals surface area contributed by atoms with E-state index >= 15 is 0 Å². The van der Waals surface area contributed by atoms with Crippen LogP contribution in [0, 0.1) is 0 Å². The number of nitrogen functional groups attached to an aromatic ring is 1. The average Bonchev–Trinajstić information content (AvgIpc) is 3.03. The predicted octanol–water partition coefficient (Wildman–Crippen LogP) is 4.93. The van der Waals surface area contributed by atoms with Gasteiger partial charge in [-0.1, -0.05) is 24.3 Å². The Kier molecular flexibility index (Phi) is 4.51. The first-order valence-corrected chi connectivity index (χ1v) is 8.58. The number of fused-ring (bicyclic) bond motifs is 1. The van der Waals surface area contributed by atoms with E-state index in [9.17, 15) is 10.2 Å². The van der Waals surface area contributed by atoms with Crippen molar-refractivity contribution in [3.05, 3.63) is 77.9 Å².